The van der Waals surface area contributed by atoms with Gasteiger partial charge in [-0.05, 0) is 36.4 Å². The summed E-state index contributed by atoms with van der Waals surface area (Å²) in [6.07, 6.45) is 1.25. The van der Waals surface area contributed by atoms with Crippen molar-refractivity contribution in [3.63, 3.8) is 0 Å². The average molecular weight is 309 g/mol. The Morgan fingerprint density at radius 1 is 1.19 bits per heavy atom. The molecule has 0 aliphatic heterocycles. The molecule has 1 N–H and O–H groups in total. The third-order valence-corrected chi connectivity index (χ3v) is 2.65. The Bertz CT molecular complexity index is 644. The average Bonchev–Trinajstić information content (AvgIpc) is 2.48. The quantitative estimate of drug-likeness (QED) is 0.696. The number of nitrogens with zero attached hydrogens (tertiary/aromatic N) is 1. The first-order chi connectivity index (χ1) is 10.0. The monoisotopic (exact) mass is 308 g/mol. The summed E-state index contributed by atoms with van der Waals surface area (Å²) in [7, 11) is 0. The summed E-state index contributed by atoms with van der Waals surface area (Å²) in [5, 5.41) is 2.72. The highest BCUT2D eigenvalue weighted by molar-refractivity contribution is 6.29. The number of pyridine rings is 1. The lowest BCUT2D eigenvalue weighted by molar-refractivity contribution is -0.119. The first-order valence-corrected chi connectivity index (χ1v) is 6.26. The highest BCUT2D eigenvalue weighted by Crippen LogP contribution is 2.09. The van der Waals surface area contributed by atoms with Crippen molar-refractivity contribution in [3.05, 3.63) is 59.1 Å². The van der Waals surface area contributed by atoms with Gasteiger partial charge in [0.2, 0.25) is 0 Å². The molecule has 0 unspecified atom stereocenters. The number of aromatic nitrogens is 1. The van der Waals surface area contributed by atoms with Crippen LogP contribution in [0.2, 0.25) is 5.15 Å². The summed E-state index contributed by atoms with van der Waals surface area (Å²) in [4.78, 5) is 26.9. The molecule has 1 aromatic heterocycles. The van der Waals surface area contributed by atoms with Gasteiger partial charge in [-0.2, -0.15) is 0 Å². The molecule has 108 valence electrons. The molecule has 0 atom stereocenters. The van der Waals surface area contributed by atoms with Gasteiger partial charge in [-0.15, -0.1) is 0 Å². The Kier molecular flexibility index (Phi) is 4.84. The van der Waals surface area contributed by atoms with Gasteiger partial charge in [-0.3, -0.25) is 4.79 Å². The van der Waals surface area contributed by atoms with Gasteiger partial charge in [0, 0.05) is 11.9 Å². The van der Waals surface area contributed by atoms with Crippen molar-refractivity contribution in [2.75, 3.05) is 11.9 Å². The van der Waals surface area contributed by atoms with Crippen LogP contribution in [0.1, 0.15) is 10.4 Å². The van der Waals surface area contributed by atoms with E-state index in [0.29, 0.717) is 5.69 Å². The number of ether oxygens (including phenoxy) is 1. The van der Waals surface area contributed by atoms with E-state index in [1.54, 1.807) is 0 Å². The minimum Gasteiger partial charge on any atom is -0.452 e. The van der Waals surface area contributed by atoms with Gasteiger partial charge in [-0.1, -0.05) is 11.6 Å². The SMILES string of the molecule is O=C(COC(=O)c1ccc(Cl)nc1)Nc1ccc(F)cc1. The minimum absolute atomic E-state index is 0.189. The van der Waals surface area contributed by atoms with Gasteiger partial charge < -0.3 is 10.1 Å². The molecule has 0 aliphatic rings. The summed E-state index contributed by atoms with van der Waals surface area (Å²) in [5.74, 6) is -1.63. The zero-order valence-electron chi connectivity index (χ0n) is 10.7. The van der Waals surface area contributed by atoms with Gasteiger partial charge in [-0.25, -0.2) is 14.2 Å². The number of esters is 1. The van der Waals surface area contributed by atoms with E-state index in [0.717, 1.165) is 0 Å². The van der Waals surface area contributed by atoms with Crippen LogP contribution in [0.15, 0.2) is 42.6 Å². The summed E-state index contributed by atoms with van der Waals surface area (Å²) in [6.45, 7) is -0.459. The lowest BCUT2D eigenvalue weighted by Gasteiger charge is -2.06. The molecule has 0 saturated heterocycles. The van der Waals surface area contributed by atoms with E-state index in [1.807, 2.05) is 0 Å². The predicted octanol–water partition coefficient (Wildman–Crippen LogP) is 2.67. The van der Waals surface area contributed by atoms with E-state index >= 15 is 0 Å². The second-order valence-electron chi connectivity index (χ2n) is 4.00. The second-order valence-corrected chi connectivity index (χ2v) is 4.39. The molecule has 2 aromatic rings. The maximum atomic E-state index is 12.7. The van der Waals surface area contributed by atoms with E-state index in [-0.39, 0.29) is 10.7 Å². The first-order valence-electron chi connectivity index (χ1n) is 5.89. The van der Waals surface area contributed by atoms with Crippen LogP contribution in [0.5, 0.6) is 0 Å². The van der Waals surface area contributed by atoms with Crippen LogP contribution in [-0.2, 0) is 9.53 Å². The number of carbonyl (C=O) groups excluding carboxylic acids is 2. The van der Waals surface area contributed by atoms with E-state index in [4.69, 9.17) is 16.3 Å². The van der Waals surface area contributed by atoms with Crippen molar-refractivity contribution in [2.24, 2.45) is 0 Å². The summed E-state index contributed by atoms with van der Waals surface area (Å²) in [5.41, 5.74) is 0.597. The molecular weight excluding hydrogens is 299 g/mol. The number of nitrogens with one attached hydrogen (secondary N) is 1. The smallest absolute Gasteiger partial charge is 0.340 e. The fraction of sp³-hybridized carbons (Fsp3) is 0.0714. The van der Waals surface area contributed by atoms with Gasteiger partial charge >= 0.3 is 5.97 Å². The van der Waals surface area contributed by atoms with Crippen molar-refractivity contribution in [2.45, 2.75) is 0 Å². The largest absolute Gasteiger partial charge is 0.452 e. The lowest BCUT2D eigenvalue weighted by atomic mass is 10.3. The van der Waals surface area contributed by atoms with E-state index < -0.39 is 24.3 Å². The maximum Gasteiger partial charge on any atom is 0.340 e. The number of carbonyl (C=O) groups is 2. The Balaban J connectivity index is 1.84. The highest BCUT2D eigenvalue weighted by atomic mass is 35.5. The van der Waals surface area contributed by atoms with Crippen LogP contribution in [0, 0.1) is 5.82 Å². The van der Waals surface area contributed by atoms with Crippen molar-refractivity contribution in [1.82, 2.24) is 4.98 Å². The Labute approximate surface area is 124 Å². The van der Waals surface area contributed by atoms with E-state index in [1.165, 1.54) is 42.6 Å². The van der Waals surface area contributed by atoms with Crippen LogP contribution < -0.4 is 5.32 Å². The second kappa shape index (κ2) is 6.81. The molecule has 0 spiro atoms. The van der Waals surface area contributed by atoms with Crippen molar-refractivity contribution in [1.29, 1.82) is 0 Å². The number of anilines is 1. The fourth-order valence-electron chi connectivity index (χ4n) is 1.44. The molecule has 0 fully saturated rings. The molecule has 1 aromatic carbocycles. The van der Waals surface area contributed by atoms with Crippen molar-refractivity contribution in [3.8, 4) is 0 Å². The molecule has 1 amide bonds. The topological polar surface area (TPSA) is 68.3 Å². The Morgan fingerprint density at radius 3 is 2.52 bits per heavy atom. The fourth-order valence-corrected chi connectivity index (χ4v) is 1.55. The Hall–Kier alpha value is -2.47. The number of hydrogen-bond acceptors (Lipinski definition) is 4. The zero-order valence-corrected chi connectivity index (χ0v) is 11.4. The summed E-state index contributed by atoms with van der Waals surface area (Å²) in [6, 6.07) is 8.10. The normalized spacial score (nSPS) is 10.0. The number of amides is 1. The lowest BCUT2D eigenvalue weighted by Crippen LogP contribution is -2.21. The van der Waals surface area contributed by atoms with Crippen molar-refractivity contribution < 1.29 is 18.7 Å². The molecule has 7 heteroatoms. The van der Waals surface area contributed by atoms with Gasteiger partial charge in [0.1, 0.15) is 11.0 Å². The molecule has 0 bridgehead atoms. The summed E-state index contributed by atoms with van der Waals surface area (Å²) >= 11 is 5.59. The van der Waals surface area contributed by atoms with Crippen molar-refractivity contribution >= 4 is 29.2 Å². The molecule has 0 radical (unpaired) electrons. The van der Waals surface area contributed by atoms with Crippen LogP contribution in [0.4, 0.5) is 10.1 Å². The minimum atomic E-state index is -0.687. The first kappa shape index (κ1) is 14.9. The van der Waals surface area contributed by atoms with Crippen LogP contribution in [0.3, 0.4) is 0 Å². The number of halogens is 2. The van der Waals surface area contributed by atoms with Crippen LogP contribution >= 0.6 is 11.6 Å². The molecule has 21 heavy (non-hydrogen) atoms. The van der Waals surface area contributed by atoms with Crippen LogP contribution in [-0.4, -0.2) is 23.5 Å². The molecule has 1 heterocycles. The summed E-state index contributed by atoms with van der Waals surface area (Å²) < 4.78 is 17.5. The van der Waals surface area contributed by atoms with Gasteiger partial charge in [0.15, 0.2) is 6.61 Å². The molecule has 2 rings (SSSR count). The van der Waals surface area contributed by atoms with Crippen LogP contribution in [0.25, 0.3) is 0 Å². The van der Waals surface area contributed by atoms with E-state index in [9.17, 15) is 14.0 Å². The number of hydrogen-bond donors (Lipinski definition) is 1. The Morgan fingerprint density at radius 2 is 1.90 bits per heavy atom. The van der Waals surface area contributed by atoms with E-state index in [2.05, 4.69) is 10.3 Å². The standard InChI is InChI=1S/C14H10ClFN2O3/c15-12-6-1-9(7-17-12)14(20)21-8-13(19)18-11-4-2-10(16)3-5-11/h1-7H,8H2,(H,18,19). The third kappa shape index (κ3) is 4.54. The number of benzene rings is 1. The van der Waals surface area contributed by atoms with Gasteiger partial charge in [0.05, 0.1) is 5.56 Å². The molecule has 0 aliphatic carbocycles. The molecule has 0 saturated carbocycles. The predicted molar refractivity (Wildman–Crippen MR) is 74.6 cm³/mol. The highest BCUT2D eigenvalue weighted by Gasteiger charge is 2.10. The third-order valence-electron chi connectivity index (χ3n) is 2.43. The van der Waals surface area contributed by atoms with Gasteiger partial charge in [0.25, 0.3) is 5.91 Å². The molecular formula is C14H10ClFN2O3. The maximum absolute atomic E-state index is 12.7. The zero-order chi connectivity index (χ0) is 15.2. The number of rotatable bonds is 4. The molecule has 5 nitrogen and oxygen atoms in total.